The van der Waals surface area contributed by atoms with E-state index in [2.05, 4.69) is 29.6 Å². The smallest absolute Gasteiger partial charge is 0.228 e. The summed E-state index contributed by atoms with van der Waals surface area (Å²) in [6.45, 7) is 2.04. The molecule has 2 nitrogen and oxygen atoms in total. The van der Waals surface area contributed by atoms with E-state index in [9.17, 15) is 4.79 Å². The molecule has 2 heteroatoms. The standard InChI is InChI=1S/C21H19NO/c1-14-5-2-3-6-17(14)13-20(23)22-19-12-11-16-10-9-15-7-4-8-18(19)21(15)16/h2-8,11-12H,9-10,13H2,1H3,(H,22,23). The van der Waals surface area contributed by atoms with Crippen LogP contribution in [0.5, 0.6) is 0 Å². The van der Waals surface area contributed by atoms with Gasteiger partial charge in [0.25, 0.3) is 0 Å². The summed E-state index contributed by atoms with van der Waals surface area (Å²) >= 11 is 0. The van der Waals surface area contributed by atoms with Crippen LogP contribution in [0, 0.1) is 6.92 Å². The lowest BCUT2D eigenvalue weighted by molar-refractivity contribution is -0.115. The first-order chi connectivity index (χ1) is 11.2. The minimum Gasteiger partial charge on any atom is -0.325 e. The van der Waals surface area contributed by atoms with Gasteiger partial charge in [-0.05, 0) is 53.5 Å². The average molecular weight is 301 g/mol. The Labute approximate surface area is 136 Å². The van der Waals surface area contributed by atoms with Gasteiger partial charge in [-0.15, -0.1) is 0 Å². The van der Waals surface area contributed by atoms with Gasteiger partial charge < -0.3 is 5.32 Å². The van der Waals surface area contributed by atoms with Gasteiger partial charge in [0.05, 0.1) is 6.42 Å². The molecule has 1 aliphatic rings. The summed E-state index contributed by atoms with van der Waals surface area (Å²) in [5, 5.41) is 5.60. The molecule has 0 heterocycles. The summed E-state index contributed by atoms with van der Waals surface area (Å²) in [5.41, 5.74) is 5.95. The van der Waals surface area contributed by atoms with Crippen molar-refractivity contribution in [2.24, 2.45) is 0 Å². The van der Waals surface area contributed by atoms with Crippen molar-refractivity contribution in [3.05, 3.63) is 76.9 Å². The van der Waals surface area contributed by atoms with E-state index in [1.807, 2.05) is 37.3 Å². The Morgan fingerprint density at radius 3 is 2.57 bits per heavy atom. The van der Waals surface area contributed by atoms with Gasteiger partial charge in [0.1, 0.15) is 0 Å². The van der Waals surface area contributed by atoms with Crippen LogP contribution in [0.1, 0.15) is 22.3 Å². The highest BCUT2D eigenvalue weighted by molar-refractivity contribution is 6.05. The zero-order chi connectivity index (χ0) is 15.8. The van der Waals surface area contributed by atoms with Crippen molar-refractivity contribution in [3.8, 4) is 0 Å². The third-order valence-corrected chi connectivity index (χ3v) is 4.76. The maximum absolute atomic E-state index is 12.5. The molecule has 114 valence electrons. The van der Waals surface area contributed by atoms with Crippen LogP contribution in [-0.4, -0.2) is 5.91 Å². The van der Waals surface area contributed by atoms with Crippen LogP contribution in [-0.2, 0) is 24.1 Å². The molecule has 3 aromatic carbocycles. The number of carbonyl (C=O) groups excluding carboxylic acids is 1. The van der Waals surface area contributed by atoms with Gasteiger partial charge in [-0.25, -0.2) is 0 Å². The Morgan fingerprint density at radius 2 is 1.74 bits per heavy atom. The van der Waals surface area contributed by atoms with E-state index in [1.165, 1.54) is 16.5 Å². The summed E-state index contributed by atoms with van der Waals surface area (Å²) in [6, 6.07) is 18.6. The second kappa shape index (κ2) is 5.54. The fourth-order valence-corrected chi connectivity index (χ4v) is 3.53. The zero-order valence-corrected chi connectivity index (χ0v) is 13.2. The molecule has 4 rings (SSSR count). The van der Waals surface area contributed by atoms with Crippen LogP contribution < -0.4 is 5.32 Å². The molecule has 1 N–H and O–H groups in total. The molecule has 0 saturated heterocycles. The molecule has 0 spiro atoms. The highest BCUT2D eigenvalue weighted by atomic mass is 16.1. The molecular formula is C21H19NO. The molecule has 0 radical (unpaired) electrons. The normalized spacial score (nSPS) is 12.6. The molecule has 0 aliphatic heterocycles. The predicted molar refractivity (Wildman–Crippen MR) is 94.9 cm³/mol. The number of carbonyl (C=O) groups is 1. The first-order valence-corrected chi connectivity index (χ1v) is 8.10. The van der Waals surface area contributed by atoms with E-state index in [4.69, 9.17) is 0 Å². The summed E-state index contributed by atoms with van der Waals surface area (Å²) in [6.07, 6.45) is 2.62. The molecule has 0 fully saturated rings. The molecule has 0 aromatic heterocycles. The van der Waals surface area contributed by atoms with E-state index >= 15 is 0 Å². The minimum absolute atomic E-state index is 0.0398. The van der Waals surface area contributed by atoms with Crippen molar-refractivity contribution in [2.75, 3.05) is 5.32 Å². The van der Waals surface area contributed by atoms with E-state index in [1.54, 1.807) is 0 Å². The van der Waals surface area contributed by atoms with Gasteiger partial charge in [0.2, 0.25) is 5.91 Å². The number of hydrogen-bond donors (Lipinski definition) is 1. The lowest BCUT2D eigenvalue weighted by atomic mass is 10.0. The summed E-state index contributed by atoms with van der Waals surface area (Å²) in [5.74, 6) is 0.0398. The lowest BCUT2D eigenvalue weighted by Crippen LogP contribution is -2.15. The first kappa shape index (κ1) is 14.0. The van der Waals surface area contributed by atoms with Crippen molar-refractivity contribution < 1.29 is 4.79 Å². The third kappa shape index (κ3) is 2.50. The SMILES string of the molecule is Cc1ccccc1CC(=O)Nc1ccc2c3c(cccc13)CC2. The molecule has 0 atom stereocenters. The Bertz CT molecular complexity index is 901. The maximum Gasteiger partial charge on any atom is 0.228 e. The molecule has 1 aliphatic carbocycles. The largest absolute Gasteiger partial charge is 0.325 e. The molecular weight excluding hydrogens is 282 g/mol. The second-order valence-corrected chi connectivity index (χ2v) is 6.26. The van der Waals surface area contributed by atoms with Gasteiger partial charge in [-0.3, -0.25) is 4.79 Å². The topological polar surface area (TPSA) is 29.1 Å². The summed E-state index contributed by atoms with van der Waals surface area (Å²) in [7, 11) is 0. The third-order valence-electron chi connectivity index (χ3n) is 4.76. The van der Waals surface area contributed by atoms with E-state index in [0.717, 1.165) is 35.0 Å². The van der Waals surface area contributed by atoms with Gasteiger partial charge in [-0.1, -0.05) is 48.5 Å². The molecule has 0 bridgehead atoms. The predicted octanol–water partition coefficient (Wildman–Crippen LogP) is 4.43. The highest BCUT2D eigenvalue weighted by Gasteiger charge is 2.16. The number of benzene rings is 3. The quantitative estimate of drug-likeness (QED) is 0.762. The van der Waals surface area contributed by atoms with E-state index in [-0.39, 0.29) is 5.91 Å². The van der Waals surface area contributed by atoms with Crippen LogP contribution in [0.4, 0.5) is 5.69 Å². The van der Waals surface area contributed by atoms with Crippen molar-refractivity contribution in [1.82, 2.24) is 0 Å². The first-order valence-electron chi connectivity index (χ1n) is 8.10. The Kier molecular flexibility index (Phi) is 3.38. The number of rotatable bonds is 3. The number of amides is 1. The molecule has 0 saturated carbocycles. The van der Waals surface area contributed by atoms with Gasteiger partial charge in [-0.2, -0.15) is 0 Å². The molecule has 3 aromatic rings. The van der Waals surface area contributed by atoms with Gasteiger partial charge >= 0.3 is 0 Å². The van der Waals surface area contributed by atoms with Gasteiger partial charge in [0, 0.05) is 11.1 Å². The fourth-order valence-electron chi connectivity index (χ4n) is 3.53. The molecule has 1 amide bonds. The van der Waals surface area contributed by atoms with Gasteiger partial charge in [0.15, 0.2) is 0 Å². The Morgan fingerprint density at radius 1 is 0.957 bits per heavy atom. The number of anilines is 1. The zero-order valence-electron chi connectivity index (χ0n) is 13.2. The average Bonchev–Trinajstić information content (AvgIpc) is 2.97. The van der Waals surface area contributed by atoms with Crippen LogP contribution >= 0.6 is 0 Å². The van der Waals surface area contributed by atoms with Crippen molar-refractivity contribution >= 4 is 22.4 Å². The molecule has 0 unspecified atom stereocenters. The van der Waals surface area contributed by atoms with E-state index in [0.29, 0.717) is 6.42 Å². The fraction of sp³-hybridized carbons (Fsp3) is 0.190. The maximum atomic E-state index is 12.5. The second-order valence-electron chi connectivity index (χ2n) is 6.26. The summed E-state index contributed by atoms with van der Waals surface area (Å²) in [4.78, 5) is 12.5. The number of nitrogens with one attached hydrogen (secondary N) is 1. The van der Waals surface area contributed by atoms with Crippen molar-refractivity contribution in [2.45, 2.75) is 26.2 Å². The van der Waals surface area contributed by atoms with Crippen LogP contribution in [0.25, 0.3) is 10.8 Å². The highest BCUT2D eigenvalue weighted by Crippen LogP contribution is 2.35. The van der Waals surface area contributed by atoms with Crippen LogP contribution in [0.3, 0.4) is 0 Å². The van der Waals surface area contributed by atoms with Crippen LogP contribution in [0.15, 0.2) is 54.6 Å². The minimum atomic E-state index is 0.0398. The van der Waals surface area contributed by atoms with Crippen LogP contribution in [0.2, 0.25) is 0 Å². The summed E-state index contributed by atoms with van der Waals surface area (Å²) < 4.78 is 0. The Balaban J connectivity index is 1.64. The number of hydrogen-bond acceptors (Lipinski definition) is 1. The van der Waals surface area contributed by atoms with Crippen molar-refractivity contribution in [3.63, 3.8) is 0 Å². The number of aryl methyl sites for hydroxylation is 3. The van der Waals surface area contributed by atoms with E-state index < -0.39 is 0 Å². The molecule has 23 heavy (non-hydrogen) atoms. The Hall–Kier alpha value is -2.61. The monoisotopic (exact) mass is 301 g/mol. The lowest BCUT2D eigenvalue weighted by Gasteiger charge is -2.11. The van der Waals surface area contributed by atoms with Crippen molar-refractivity contribution in [1.29, 1.82) is 0 Å².